The molecule has 2 fully saturated rings. The van der Waals surface area contributed by atoms with Crippen molar-refractivity contribution in [1.82, 2.24) is 16.2 Å². The van der Waals surface area contributed by atoms with Crippen LogP contribution in [0.2, 0.25) is 0 Å². The molecule has 0 bridgehead atoms. The van der Waals surface area contributed by atoms with E-state index in [1.807, 2.05) is 12.2 Å². The fraction of sp³-hybridized carbons (Fsp3) is 0.643. The largest absolute Gasteiger partial charge is 0.391 e. The molecule has 0 radical (unpaired) electrons. The number of nitrogens with one attached hydrogen (secondary N) is 3. The first-order chi connectivity index (χ1) is 9.25. The van der Waals surface area contributed by atoms with Gasteiger partial charge in [0.2, 0.25) is 5.91 Å². The molecule has 1 heterocycles. The molecule has 1 amide bonds. The summed E-state index contributed by atoms with van der Waals surface area (Å²) in [6, 6.07) is -0.315. The van der Waals surface area contributed by atoms with Crippen LogP contribution < -0.4 is 16.2 Å². The van der Waals surface area contributed by atoms with Crippen molar-refractivity contribution < 1.29 is 9.90 Å². The number of fused-ring (bicyclic) bond motifs is 1. The average Bonchev–Trinajstić information content (AvgIpc) is 2.90. The van der Waals surface area contributed by atoms with Crippen molar-refractivity contribution in [1.29, 1.82) is 0 Å². The maximum absolute atomic E-state index is 12.3. The van der Waals surface area contributed by atoms with Crippen LogP contribution in [0.1, 0.15) is 32.1 Å². The zero-order valence-corrected chi connectivity index (χ0v) is 10.9. The summed E-state index contributed by atoms with van der Waals surface area (Å²) in [5.74, 6) is 0.197. The molecule has 3 aliphatic rings. The summed E-state index contributed by atoms with van der Waals surface area (Å²) in [6.45, 7) is 0. The molecule has 1 aliphatic heterocycles. The normalized spacial score (nSPS) is 37.2. The molecular formula is C14H21N3O2. The summed E-state index contributed by atoms with van der Waals surface area (Å²) >= 11 is 0. The van der Waals surface area contributed by atoms with Gasteiger partial charge >= 0.3 is 0 Å². The second-order valence-corrected chi connectivity index (χ2v) is 5.59. The molecule has 0 spiro atoms. The van der Waals surface area contributed by atoms with E-state index < -0.39 is 0 Å². The molecule has 4 N–H and O–H groups in total. The third-order valence-electron chi connectivity index (χ3n) is 4.32. The minimum Gasteiger partial charge on any atom is -0.391 e. The highest BCUT2D eigenvalue weighted by atomic mass is 16.3. The van der Waals surface area contributed by atoms with Crippen molar-refractivity contribution in [3.05, 3.63) is 23.9 Å². The Kier molecular flexibility index (Phi) is 3.57. The number of hydrogen-bond acceptors (Lipinski definition) is 4. The number of hydrogen-bond donors (Lipinski definition) is 4. The molecule has 1 saturated heterocycles. The number of aliphatic hydroxyl groups excluding tert-OH is 1. The van der Waals surface area contributed by atoms with Crippen LogP contribution in [0.3, 0.4) is 0 Å². The van der Waals surface area contributed by atoms with Crippen molar-refractivity contribution in [3.8, 4) is 0 Å². The molecular weight excluding hydrogens is 242 g/mol. The zero-order chi connectivity index (χ0) is 13.2. The average molecular weight is 263 g/mol. The molecule has 4 atom stereocenters. The SMILES string of the molecule is O=C(N[C@@H]1CCC[C@H]1O)C1NNC2=CC=CCCC21. The zero-order valence-electron chi connectivity index (χ0n) is 10.9. The lowest BCUT2D eigenvalue weighted by Gasteiger charge is -2.21. The molecule has 0 aromatic rings. The molecule has 5 nitrogen and oxygen atoms in total. The highest BCUT2D eigenvalue weighted by molar-refractivity contribution is 5.83. The van der Waals surface area contributed by atoms with E-state index >= 15 is 0 Å². The number of amides is 1. The monoisotopic (exact) mass is 263 g/mol. The lowest BCUT2D eigenvalue weighted by atomic mass is 9.93. The van der Waals surface area contributed by atoms with Crippen LogP contribution in [0.5, 0.6) is 0 Å². The lowest BCUT2D eigenvalue weighted by molar-refractivity contribution is -0.125. The van der Waals surface area contributed by atoms with Crippen molar-refractivity contribution in [2.75, 3.05) is 0 Å². The summed E-state index contributed by atoms with van der Waals surface area (Å²) in [5, 5.41) is 12.8. The topological polar surface area (TPSA) is 73.4 Å². The summed E-state index contributed by atoms with van der Waals surface area (Å²) < 4.78 is 0. The van der Waals surface area contributed by atoms with Crippen LogP contribution in [0.4, 0.5) is 0 Å². The summed E-state index contributed by atoms with van der Waals surface area (Å²) in [7, 11) is 0. The number of rotatable bonds is 2. The summed E-state index contributed by atoms with van der Waals surface area (Å²) in [6.07, 6.45) is 10.4. The third kappa shape index (κ3) is 2.53. The number of aliphatic hydroxyl groups is 1. The summed E-state index contributed by atoms with van der Waals surface area (Å²) in [4.78, 5) is 12.3. The maximum Gasteiger partial charge on any atom is 0.239 e. The first-order valence-electron chi connectivity index (χ1n) is 7.12. The Balaban J connectivity index is 1.64. The van der Waals surface area contributed by atoms with Gasteiger partial charge in [0, 0.05) is 11.6 Å². The van der Waals surface area contributed by atoms with Crippen LogP contribution in [0.25, 0.3) is 0 Å². The van der Waals surface area contributed by atoms with Crippen molar-refractivity contribution >= 4 is 5.91 Å². The second-order valence-electron chi connectivity index (χ2n) is 5.59. The minimum absolute atomic E-state index is 0.00579. The molecule has 1 saturated carbocycles. The second kappa shape index (κ2) is 5.35. The molecule has 104 valence electrons. The highest BCUT2D eigenvalue weighted by Gasteiger charge is 2.38. The standard InChI is InChI=1S/C14H21N3O2/c18-12-8-4-7-11(12)15-14(19)13-9-5-2-1-3-6-10(9)16-17-13/h1,3,6,9,11-13,16-18H,2,4-5,7-8H2,(H,15,19)/t9?,11-,12-,13?/m1/s1. The van der Waals surface area contributed by atoms with Crippen LogP contribution in [-0.4, -0.2) is 29.2 Å². The van der Waals surface area contributed by atoms with Gasteiger partial charge in [-0.25, -0.2) is 5.43 Å². The Bertz CT molecular complexity index is 419. The Morgan fingerprint density at radius 1 is 1.37 bits per heavy atom. The van der Waals surface area contributed by atoms with E-state index in [2.05, 4.69) is 22.2 Å². The van der Waals surface area contributed by atoms with Crippen LogP contribution in [-0.2, 0) is 4.79 Å². The van der Waals surface area contributed by atoms with Gasteiger partial charge in [-0.05, 0) is 38.2 Å². The van der Waals surface area contributed by atoms with E-state index in [4.69, 9.17) is 0 Å². The fourth-order valence-electron chi connectivity index (χ4n) is 3.19. The summed E-state index contributed by atoms with van der Waals surface area (Å²) in [5.41, 5.74) is 7.26. The molecule has 19 heavy (non-hydrogen) atoms. The predicted octanol–water partition coefficient (Wildman–Crippen LogP) is 0.342. The smallest absolute Gasteiger partial charge is 0.239 e. The Morgan fingerprint density at radius 3 is 3.05 bits per heavy atom. The molecule has 0 aromatic heterocycles. The van der Waals surface area contributed by atoms with Crippen molar-refractivity contribution in [3.63, 3.8) is 0 Å². The van der Waals surface area contributed by atoms with Crippen molar-refractivity contribution in [2.24, 2.45) is 5.92 Å². The molecule has 3 rings (SSSR count). The van der Waals surface area contributed by atoms with Gasteiger partial charge in [-0.1, -0.05) is 12.2 Å². The van der Waals surface area contributed by atoms with Crippen molar-refractivity contribution in [2.45, 2.75) is 50.3 Å². The Morgan fingerprint density at radius 2 is 2.26 bits per heavy atom. The predicted molar refractivity (Wildman–Crippen MR) is 71.8 cm³/mol. The van der Waals surface area contributed by atoms with Gasteiger partial charge in [0.1, 0.15) is 6.04 Å². The number of allylic oxidation sites excluding steroid dienone is 3. The van der Waals surface area contributed by atoms with Gasteiger partial charge < -0.3 is 15.8 Å². The number of hydrazine groups is 1. The van der Waals surface area contributed by atoms with E-state index in [0.29, 0.717) is 0 Å². The van der Waals surface area contributed by atoms with E-state index in [-0.39, 0.29) is 30.0 Å². The Labute approximate surface area is 113 Å². The van der Waals surface area contributed by atoms with Gasteiger partial charge in [0.05, 0.1) is 12.1 Å². The van der Waals surface area contributed by atoms with Gasteiger partial charge in [-0.15, -0.1) is 0 Å². The molecule has 2 unspecified atom stereocenters. The number of carbonyl (C=O) groups is 1. The van der Waals surface area contributed by atoms with E-state index in [1.54, 1.807) is 0 Å². The first-order valence-corrected chi connectivity index (χ1v) is 7.12. The van der Waals surface area contributed by atoms with Crippen LogP contribution in [0, 0.1) is 5.92 Å². The van der Waals surface area contributed by atoms with Crippen LogP contribution in [0.15, 0.2) is 23.9 Å². The van der Waals surface area contributed by atoms with Crippen LogP contribution >= 0.6 is 0 Å². The van der Waals surface area contributed by atoms with E-state index in [0.717, 1.165) is 37.8 Å². The highest BCUT2D eigenvalue weighted by Crippen LogP contribution is 2.27. The first kappa shape index (κ1) is 12.7. The fourth-order valence-corrected chi connectivity index (χ4v) is 3.19. The molecule has 0 aromatic carbocycles. The van der Waals surface area contributed by atoms with E-state index in [1.165, 1.54) is 0 Å². The van der Waals surface area contributed by atoms with Gasteiger partial charge in [-0.2, -0.15) is 0 Å². The number of carbonyl (C=O) groups excluding carboxylic acids is 1. The minimum atomic E-state index is -0.385. The third-order valence-corrected chi connectivity index (χ3v) is 4.32. The maximum atomic E-state index is 12.3. The Hall–Kier alpha value is -1.33. The van der Waals surface area contributed by atoms with Gasteiger partial charge in [-0.3, -0.25) is 4.79 Å². The quantitative estimate of drug-likeness (QED) is 0.580. The molecule has 5 heteroatoms. The van der Waals surface area contributed by atoms with Gasteiger partial charge in [0.25, 0.3) is 0 Å². The van der Waals surface area contributed by atoms with E-state index in [9.17, 15) is 9.90 Å². The molecule has 2 aliphatic carbocycles. The lowest BCUT2D eigenvalue weighted by Crippen LogP contribution is -2.50. The van der Waals surface area contributed by atoms with Gasteiger partial charge in [0.15, 0.2) is 0 Å².